The van der Waals surface area contributed by atoms with E-state index in [0.29, 0.717) is 6.54 Å². The summed E-state index contributed by atoms with van der Waals surface area (Å²) >= 11 is 0. The van der Waals surface area contributed by atoms with Gasteiger partial charge >= 0.3 is 0 Å². The highest BCUT2D eigenvalue weighted by atomic mass is 16.2. The van der Waals surface area contributed by atoms with Crippen LogP contribution in [0.5, 0.6) is 0 Å². The molecule has 0 saturated carbocycles. The molecule has 0 radical (unpaired) electrons. The fraction of sp³-hybridized carbons (Fsp3) is 0.900. The first-order valence-electron chi connectivity index (χ1n) is 5.33. The molecule has 4 nitrogen and oxygen atoms in total. The number of nitrogens with one attached hydrogen (secondary N) is 3. The Morgan fingerprint density at radius 2 is 2.36 bits per heavy atom. The Morgan fingerprint density at radius 3 is 2.86 bits per heavy atom. The normalized spacial score (nSPS) is 28.8. The molecule has 0 bridgehead atoms. The van der Waals surface area contributed by atoms with Crippen molar-refractivity contribution in [1.82, 2.24) is 16.0 Å². The second-order valence-electron chi connectivity index (χ2n) is 4.25. The van der Waals surface area contributed by atoms with E-state index in [0.717, 1.165) is 19.5 Å². The highest BCUT2D eigenvalue weighted by Gasteiger charge is 2.31. The van der Waals surface area contributed by atoms with Crippen molar-refractivity contribution < 1.29 is 4.79 Å². The van der Waals surface area contributed by atoms with Gasteiger partial charge in [-0.25, -0.2) is 0 Å². The standard InChI is InChI=1S/C10H21N3O/c1-4-12-9(14)8(2)13-10(3)5-6-11-7-10/h8,11,13H,4-7H2,1-3H3,(H,12,14). The lowest BCUT2D eigenvalue weighted by molar-refractivity contribution is -0.123. The first kappa shape index (κ1) is 11.5. The molecule has 0 aromatic heterocycles. The molecule has 1 rings (SSSR count). The predicted molar refractivity (Wildman–Crippen MR) is 57.2 cm³/mol. The Labute approximate surface area is 85.8 Å². The van der Waals surface area contributed by atoms with E-state index in [-0.39, 0.29) is 17.5 Å². The Balaban J connectivity index is 2.38. The molecule has 1 fully saturated rings. The second kappa shape index (κ2) is 4.75. The lowest BCUT2D eigenvalue weighted by atomic mass is 10.0. The lowest BCUT2D eigenvalue weighted by Gasteiger charge is -2.28. The molecule has 0 aromatic rings. The average Bonchev–Trinajstić information content (AvgIpc) is 2.52. The van der Waals surface area contributed by atoms with Crippen molar-refractivity contribution in [2.75, 3.05) is 19.6 Å². The maximum absolute atomic E-state index is 11.5. The quantitative estimate of drug-likeness (QED) is 0.590. The van der Waals surface area contributed by atoms with Crippen LogP contribution in [0.3, 0.4) is 0 Å². The summed E-state index contributed by atoms with van der Waals surface area (Å²) in [5.41, 5.74) is 0.0739. The van der Waals surface area contributed by atoms with Crippen molar-refractivity contribution in [3.63, 3.8) is 0 Å². The van der Waals surface area contributed by atoms with Crippen LogP contribution < -0.4 is 16.0 Å². The van der Waals surface area contributed by atoms with Crippen molar-refractivity contribution in [3.8, 4) is 0 Å². The predicted octanol–water partition coefficient (Wildman–Crippen LogP) is -0.147. The molecular weight excluding hydrogens is 178 g/mol. The van der Waals surface area contributed by atoms with Crippen molar-refractivity contribution in [2.24, 2.45) is 0 Å². The molecule has 14 heavy (non-hydrogen) atoms. The van der Waals surface area contributed by atoms with Gasteiger partial charge in [0.15, 0.2) is 0 Å². The van der Waals surface area contributed by atoms with E-state index < -0.39 is 0 Å². The van der Waals surface area contributed by atoms with E-state index in [1.54, 1.807) is 0 Å². The van der Waals surface area contributed by atoms with E-state index in [1.807, 2.05) is 13.8 Å². The van der Waals surface area contributed by atoms with Gasteiger partial charge in [0.2, 0.25) is 5.91 Å². The van der Waals surface area contributed by atoms with Gasteiger partial charge in [0.1, 0.15) is 0 Å². The fourth-order valence-corrected chi connectivity index (χ4v) is 1.86. The number of carbonyl (C=O) groups excluding carboxylic acids is 1. The van der Waals surface area contributed by atoms with Gasteiger partial charge in [-0.1, -0.05) is 0 Å². The van der Waals surface area contributed by atoms with E-state index >= 15 is 0 Å². The molecule has 2 unspecified atom stereocenters. The monoisotopic (exact) mass is 199 g/mol. The molecule has 1 aliphatic heterocycles. The minimum atomic E-state index is -0.111. The molecule has 4 heteroatoms. The van der Waals surface area contributed by atoms with Crippen LogP contribution in [-0.4, -0.2) is 37.1 Å². The summed E-state index contributed by atoms with van der Waals surface area (Å²) in [4.78, 5) is 11.5. The van der Waals surface area contributed by atoms with Gasteiger partial charge in [-0.05, 0) is 33.7 Å². The first-order chi connectivity index (χ1) is 6.57. The molecule has 2 atom stereocenters. The molecule has 1 amide bonds. The summed E-state index contributed by atoms with van der Waals surface area (Å²) in [6.45, 7) is 8.67. The lowest BCUT2D eigenvalue weighted by Crippen LogP contribution is -2.53. The van der Waals surface area contributed by atoms with Crippen LogP contribution in [0, 0.1) is 0 Å². The van der Waals surface area contributed by atoms with Crippen LogP contribution in [0.4, 0.5) is 0 Å². The number of hydrogen-bond donors (Lipinski definition) is 3. The average molecular weight is 199 g/mol. The third kappa shape index (κ3) is 2.96. The van der Waals surface area contributed by atoms with Crippen LogP contribution >= 0.6 is 0 Å². The number of amides is 1. The summed E-state index contributed by atoms with van der Waals surface area (Å²) in [6, 6.07) is -0.111. The third-order valence-corrected chi connectivity index (χ3v) is 2.68. The summed E-state index contributed by atoms with van der Waals surface area (Å²) in [5.74, 6) is 0.0839. The highest BCUT2D eigenvalue weighted by molar-refractivity contribution is 5.81. The maximum atomic E-state index is 11.5. The zero-order valence-electron chi connectivity index (χ0n) is 9.31. The van der Waals surface area contributed by atoms with Crippen molar-refractivity contribution in [2.45, 2.75) is 38.8 Å². The maximum Gasteiger partial charge on any atom is 0.236 e. The molecule has 0 aromatic carbocycles. The van der Waals surface area contributed by atoms with Crippen LogP contribution in [-0.2, 0) is 4.79 Å². The molecule has 0 spiro atoms. The highest BCUT2D eigenvalue weighted by Crippen LogP contribution is 2.13. The van der Waals surface area contributed by atoms with E-state index in [4.69, 9.17) is 0 Å². The molecule has 0 aliphatic carbocycles. The first-order valence-corrected chi connectivity index (χ1v) is 5.33. The zero-order chi connectivity index (χ0) is 10.6. The molecule has 82 valence electrons. The number of likely N-dealkylation sites (N-methyl/N-ethyl adjacent to an activating group) is 1. The largest absolute Gasteiger partial charge is 0.355 e. The van der Waals surface area contributed by atoms with E-state index in [1.165, 1.54) is 0 Å². The molecule has 1 aliphatic rings. The Bertz CT molecular complexity index is 200. The van der Waals surface area contributed by atoms with Crippen molar-refractivity contribution in [1.29, 1.82) is 0 Å². The number of carbonyl (C=O) groups is 1. The van der Waals surface area contributed by atoms with Gasteiger partial charge in [0, 0.05) is 18.6 Å². The Kier molecular flexibility index (Phi) is 3.89. The van der Waals surface area contributed by atoms with Crippen LogP contribution in [0.25, 0.3) is 0 Å². The molecule has 1 saturated heterocycles. The number of rotatable bonds is 4. The summed E-state index contributed by atoms with van der Waals surface area (Å²) in [5, 5.41) is 9.47. The van der Waals surface area contributed by atoms with Gasteiger partial charge in [-0.15, -0.1) is 0 Å². The van der Waals surface area contributed by atoms with Crippen LogP contribution in [0.2, 0.25) is 0 Å². The summed E-state index contributed by atoms with van der Waals surface area (Å²) in [7, 11) is 0. The van der Waals surface area contributed by atoms with Gasteiger partial charge in [-0.2, -0.15) is 0 Å². The van der Waals surface area contributed by atoms with Crippen molar-refractivity contribution in [3.05, 3.63) is 0 Å². The SMILES string of the molecule is CCNC(=O)C(C)NC1(C)CCNC1. The summed E-state index contributed by atoms with van der Waals surface area (Å²) in [6.07, 6.45) is 1.08. The van der Waals surface area contributed by atoms with Crippen LogP contribution in [0.1, 0.15) is 27.2 Å². The molecule has 1 heterocycles. The number of hydrogen-bond acceptors (Lipinski definition) is 3. The van der Waals surface area contributed by atoms with Crippen molar-refractivity contribution >= 4 is 5.91 Å². The van der Waals surface area contributed by atoms with Crippen LogP contribution in [0.15, 0.2) is 0 Å². The van der Waals surface area contributed by atoms with E-state index in [2.05, 4.69) is 22.9 Å². The zero-order valence-corrected chi connectivity index (χ0v) is 9.31. The topological polar surface area (TPSA) is 53.2 Å². The minimum Gasteiger partial charge on any atom is -0.355 e. The van der Waals surface area contributed by atoms with Gasteiger partial charge < -0.3 is 10.6 Å². The molecule has 3 N–H and O–H groups in total. The van der Waals surface area contributed by atoms with E-state index in [9.17, 15) is 4.79 Å². The summed E-state index contributed by atoms with van der Waals surface area (Å²) < 4.78 is 0. The van der Waals surface area contributed by atoms with Gasteiger partial charge in [0.05, 0.1) is 6.04 Å². The molecular formula is C10H21N3O. The fourth-order valence-electron chi connectivity index (χ4n) is 1.86. The van der Waals surface area contributed by atoms with Gasteiger partial charge in [0.25, 0.3) is 0 Å². The minimum absolute atomic E-state index is 0.0739. The second-order valence-corrected chi connectivity index (χ2v) is 4.25. The third-order valence-electron chi connectivity index (χ3n) is 2.68. The Morgan fingerprint density at radius 1 is 1.64 bits per heavy atom. The smallest absolute Gasteiger partial charge is 0.236 e. The Hall–Kier alpha value is -0.610. The van der Waals surface area contributed by atoms with Gasteiger partial charge in [-0.3, -0.25) is 10.1 Å².